The number of piperidine rings is 1. The van der Waals surface area contributed by atoms with Crippen molar-refractivity contribution in [1.29, 1.82) is 0 Å². The van der Waals surface area contributed by atoms with E-state index in [1.54, 1.807) is 18.0 Å². The third kappa shape index (κ3) is 3.91. The molecular formula is C18H28N4O4. The van der Waals surface area contributed by atoms with Crippen molar-refractivity contribution in [3.05, 3.63) is 18.5 Å². The number of carbonyl (C=O) groups excluding carboxylic acids is 2. The lowest BCUT2D eigenvalue weighted by atomic mass is 9.85. The van der Waals surface area contributed by atoms with E-state index in [4.69, 9.17) is 9.47 Å². The molecule has 8 heteroatoms. The highest BCUT2D eigenvalue weighted by molar-refractivity contribution is 5.85. The molecule has 3 heterocycles. The van der Waals surface area contributed by atoms with E-state index in [2.05, 4.69) is 10.4 Å². The van der Waals surface area contributed by atoms with Crippen molar-refractivity contribution in [2.45, 2.75) is 31.2 Å². The maximum Gasteiger partial charge on any atom is 0.248 e. The fourth-order valence-electron chi connectivity index (χ4n) is 3.81. The zero-order valence-corrected chi connectivity index (χ0v) is 15.4. The van der Waals surface area contributed by atoms with Crippen molar-refractivity contribution >= 4 is 11.8 Å². The van der Waals surface area contributed by atoms with Crippen LogP contribution in [0.4, 0.5) is 0 Å². The van der Waals surface area contributed by atoms with Gasteiger partial charge >= 0.3 is 0 Å². The van der Waals surface area contributed by atoms with Crippen LogP contribution in [-0.4, -0.2) is 73.1 Å². The number of aromatic nitrogens is 2. The minimum atomic E-state index is -0.746. The van der Waals surface area contributed by atoms with Crippen LogP contribution in [0.2, 0.25) is 0 Å². The van der Waals surface area contributed by atoms with Gasteiger partial charge in [-0.25, -0.2) is 0 Å². The van der Waals surface area contributed by atoms with Crippen molar-refractivity contribution in [3.8, 4) is 0 Å². The van der Waals surface area contributed by atoms with Crippen LogP contribution < -0.4 is 5.32 Å². The van der Waals surface area contributed by atoms with Crippen molar-refractivity contribution in [2.75, 3.05) is 46.6 Å². The first kappa shape index (κ1) is 18.8. The van der Waals surface area contributed by atoms with E-state index in [0.717, 1.165) is 12.8 Å². The van der Waals surface area contributed by atoms with Gasteiger partial charge in [-0.05, 0) is 31.7 Å². The molecule has 8 nitrogen and oxygen atoms in total. The van der Waals surface area contributed by atoms with Crippen LogP contribution in [0.5, 0.6) is 0 Å². The molecule has 3 rings (SSSR count). The van der Waals surface area contributed by atoms with Crippen LogP contribution >= 0.6 is 0 Å². The third-order valence-corrected chi connectivity index (χ3v) is 5.43. The van der Waals surface area contributed by atoms with Gasteiger partial charge in [-0.2, -0.15) is 5.10 Å². The fraction of sp³-hybridized carbons (Fsp3) is 0.722. The second-order valence-electron chi connectivity index (χ2n) is 6.94. The lowest BCUT2D eigenvalue weighted by Gasteiger charge is -2.42. The standard InChI is InChI=1S/C18H28N4O4/c1-25-14-8-19-17(24)18(22-9-2-7-20-22)5-10-21(11-6-18)16(23)15-3-12-26-13-4-15/h2,7,9,15H,3-6,8,10-14H2,1H3,(H,19,24). The van der Waals surface area contributed by atoms with Crippen molar-refractivity contribution in [2.24, 2.45) is 5.92 Å². The number of methoxy groups -OCH3 is 1. The van der Waals surface area contributed by atoms with Crippen LogP contribution in [-0.2, 0) is 24.6 Å². The predicted molar refractivity (Wildman–Crippen MR) is 94.4 cm³/mol. The van der Waals surface area contributed by atoms with Gasteiger partial charge in [-0.15, -0.1) is 0 Å². The normalized spacial score (nSPS) is 20.7. The summed E-state index contributed by atoms with van der Waals surface area (Å²) in [6.07, 6.45) is 6.20. The predicted octanol–water partition coefficient (Wildman–Crippen LogP) is 0.390. The smallest absolute Gasteiger partial charge is 0.248 e. The molecule has 0 saturated carbocycles. The molecule has 1 aromatic rings. The summed E-state index contributed by atoms with van der Waals surface area (Å²) in [6.45, 7) is 3.37. The van der Waals surface area contributed by atoms with E-state index in [1.165, 1.54) is 0 Å². The minimum absolute atomic E-state index is 0.0523. The van der Waals surface area contributed by atoms with Gasteiger partial charge in [0.15, 0.2) is 0 Å². The molecule has 2 aliphatic rings. The average molecular weight is 364 g/mol. The number of likely N-dealkylation sites (tertiary alicyclic amines) is 1. The van der Waals surface area contributed by atoms with Crippen LogP contribution in [0.1, 0.15) is 25.7 Å². The molecule has 0 aromatic carbocycles. The molecule has 2 saturated heterocycles. The van der Waals surface area contributed by atoms with E-state index >= 15 is 0 Å². The Labute approximate surface area is 153 Å². The van der Waals surface area contributed by atoms with E-state index in [9.17, 15) is 9.59 Å². The van der Waals surface area contributed by atoms with E-state index in [1.807, 2.05) is 17.2 Å². The molecule has 0 radical (unpaired) electrons. The Bertz CT molecular complexity index is 590. The lowest BCUT2D eigenvalue weighted by Crippen LogP contribution is -2.57. The van der Waals surface area contributed by atoms with Gasteiger partial charge in [0.1, 0.15) is 5.54 Å². The van der Waals surface area contributed by atoms with Gasteiger partial charge in [0, 0.05) is 58.3 Å². The number of nitrogens with one attached hydrogen (secondary N) is 1. The van der Waals surface area contributed by atoms with Crippen LogP contribution in [0.3, 0.4) is 0 Å². The molecule has 2 aliphatic heterocycles. The molecule has 2 fully saturated rings. The van der Waals surface area contributed by atoms with Crippen LogP contribution in [0, 0.1) is 5.92 Å². The molecule has 1 aromatic heterocycles. The first-order valence-corrected chi connectivity index (χ1v) is 9.31. The Morgan fingerprint density at radius 3 is 2.65 bits per heavy atom. The third-order valence-electron chi connectivity index (χ3n) is 5.43. The average Bonchev–Trinajstić information content (AvgIpc) is 3.23. The van der Waals surface area contributed by atoms with Gasteiger partial charge in [-0.1, -0.05) is 0 Å². The summed E-state index contributed by atoms with van der Waals surface area (Å²) in [5.74, 6) is 0.190. The Morgan fingerprint density at radius 1 is 1.31 bits per heavy atom. The maximum absolute atomic E-state index is 12.9. The number of hydrogen-bond donors (Lipinski definition) is 1. The summed E-state index contributed by atoms with van der Waals surface area (Å²) in [7, 11) is 1.61. The van der Waals surface area contributed by atoms with Crippen molar-refractivity contribution in [3.63, 3.8) is 0 Å². The number of hydrogen-bond acceptors (Lipinski definition) is 5. The van der Waals surface area contributed by atoms with Gasteiger partial charge in [-0.3, -0.25) is 14.3 Å². The maximum atomic E-state index is 12.9. The molecule has 2 amide bonds. The highest BCUT2D eigenvalue weighted by Gasteiger charge is 2.45. The second-order valence-corrected chi connectivity index (χ2v) is 6.94. The van der Waals surface area contributed by atoms with Crippen molar-refractivity contribution in [1.82, 2.24) is 20.0 Å². The summed E-state index contributed by atoms with van der Waals surface area (Å²) < 4.78 is 12.1. The lowest BCUT2D eigenvalue weighted by molar-refractivity contribution is -0.144. The summed E-state index contributed by atoms with van der Waals surface area (Å²) >= 11 is 0. The minimum Gasteiger partial charge on any atom is -0.383 e. The number of rotatable bonds is 6. The number of carbonyl (C=O) groups is 2. The first-order valence-electron chi connectivity index (χ1n) is 9.31. The molecule has 0 spiro atoms. The molecule has 0 unspecified atom stereocenters. The highest BCUT2D eigenvalue weighted by Crippen LogP contribution is 2.31. The van der Waals surface area contributed by atoms with Gasteiger partial charge < -0.3 is 19.7 Å². The number of ether oxygens (including phenoxy) is 2. The largest absolute Gasteiger partial charge is 0.383 e. The van der Waals surface area contributed by atoms with E-state index in [0.29, 0.717) is 52.3 Å². The Morgan fingerprint density at radius 2 is 2.04 bits per heavy atom. The topological polar surface area (TPSA) is 85.7 Å². The van der Waals surface area contributed by atoms with Crippen LogP contribution in [0.25, 0.3) is 0 Å². The van der Waals surface area contributed by atoms with E-state index < -0.39 is 5.54 Å². The molecule has 26 heavy (non-hydrogen) atoms. The molecule has 0 atom stereocenters. The quantitative estimate of drug-likeness (QED) is 0.738. The zero-order valence-electron chi connectivity index (χ0n) is 15.4. The molecule has 0 aliphatic carbocycles. The highest BCUT2D eigenvalue weighted by atomic mass is 16.5. The second kappa shape index (κ2) is 8.64. The molecule has 1 N–H and O–H groups in total. The SMILES string of the molecule is COCCNC(=O)C1(n2cccn2)CCN(C(=O)C2CCOCC2)CC1. The molecule has 0 bridgehead atoms. The summed E-state index contributed by atoms with van der Waals surface area (Å²) in [5.41, 5.74) is -0.746. The van der Waals surface area contributed by atoms with Gasteiger partial charge in [0.05, 0.1) is 6.61 Å². The number of nitrogens with zero attached hydrogens (tertiary/aromatic N) is 3. The first-order chi connectivity index (χ1) is 12.7. The van der Waals surface area contributed by atoms with Crippen LogP contribution in [0.15, 0.2) is 18.5 Å². The van der Waals surface area contributed by atoms with Gasteiger partial charge in [0.2, 0.25) is 11.8 Å². The van der Waals surface area contributed by atoms with Crippen molar-refractivity contribution < 1.29 is 19.1 Å². The Balaban J connectivity index is 1.67. The summed E-state index contributed by atoms with van der Waals surface area (Å²) in [4.78, 5) is 27.6. The summed E-state index contributed by atoms with van der Waals surface area (Å²) in [5, 5.41) is 7.27. The molecule has 144 valence electrons. The van der Waals surface area contributed by atoms with Gasteiger partial charge in [0.25, 0.3) is 0 Å². The van der Waals surface area contributed by atoms with E-state index in [-0.39, 0.29) is 17.7 Å². The monoisotopic (exact) mass is 364 g/mol. The fourth-order valence-corrected chi connectivity index (χ4v) is 3.81. The molecular weight excluding hydrogens is 336 g/mol. The summed E-state index contributed by atoms with van der Waals surface area (Å²) in [6, 6.07) is 1.82. The zero-order chi connectivity index (χ0) is 18.4. The Hall–Kier alpha value is -1.93. The number of amides is 2. The Kier molecular flexibility index (Phi) is 6.26.